The van der Waals surface area contributed by atoms with E-state index >= 15 is 0 Å². The van der Waals surface area contributed by atoms with Gasteiger partial charge in [0.1, 0.15) is 0 Å². The van der Waals surface area contributed by atoms with Crippen molar-refractivity contribution >= 4 is 21.7 Å². The van der Waals surface area contributed by atoms with E-state index in [1.807, 2.05) is 0 Å². The summed E-state index contributed by atoms with van der Waals surface area (Å²) < 4.78 is 39.9. The number of hydrogen-bond donors (Lipinski definition) is 0. The molecular weight excluding hydrogens is 267 g/mol. The monoisotopic (exact) mass is 277 g/mol. The molecule has 20 heavy (non-hydrogen) atoms. The van der Waals surface area contributed by atoms with Crippen molar-refractivity contribution in [3.05, 3.63) is 58.4 Å². The number of pyridine rings is 1. The molecule has 1 heterocycles. The third kappa shape index (κ3) is 1.78. The van der Waals surface area contributed by atoms with Crippen LogP contribution in [-0.4, -0.2) is 4.57 Å². The molecule has 0 N–H and O–H groups in total. The predicted molar refractivity (Wildman–Crippen MR) is 71.7 cm³/mol. The van der Waals surface area contributed by atoms with Gasteiger partial charge in [0.25, 0.3) is 5.56 Å². The first-order chi connectivity index (χ1) is 9.39. The number of nitrogens with zero attached hydrogens (tertiary/aromatic N) is 1. The van der Waals surface area contributed by atoms with Crippen molar-refractivity contribution in [3.8, 4) is 0 Å². The molecule has 3 rings (SSSR count). The maximum Gasteiger partial charge on any atom is 0.416 e. The molecule has 0 atom stereocenters. The highest BCUT2D eigenvalue weighted by atomic mass is 19.4. The van der Waals surface area contributed by atoms with E-state index in [1.54, 1.807) is 31.3 Å². The first-order valence-corrected chi connectivity index (χ1v) is 5.98. The summed E-state index contributed by atoms with van der Waals surface area (Å²) in [7, 11) is 1.56. The molecule has 1 aromatic heterocycles. The Labute approximate surface area is 112 Å². The molecule has 102 valence electrons. The highest BCUT2D eigenvalue weighted by Gasteiger charge is 2.30. The van der Waals surface area contributed by atoms with Gasteiger partial charge in [-0.3, -0.25) is 4.79 Å². The molecule has 0 aliphatic carbocycles. The lowest BCUT2D eigenvalue weighted by Crippen LogP contribution is -2.17. The minimum atomic E-state index is -4.40. The second kappa shape index (κ2) is 4.10. The van der Waals surface area contributed by atoms with E-state index in [1.165, 1.54) is 10.6 Å². The van der Waals surface area contributed by atoms with Gasteiger partial charge in [0, 0.05) is 17.8 Å². The van der Waals surface area contributed by atoms with Crippen LogP contribution in [0.15, 0.2) is 47.3 Å². The lowest BCUT2D eigenvalue weighted by Gasteiger charge is -2.12. The van der Waals surface area contributed by atoms with Crippen LogP contribution in [0.3, 0.4) is 0 Å². The number of hydrogen-bond acceptors (Lipinski definition) is 1. The van der Waals surface area contributed by atoms with Crippen LogP contribution in [0.4, 0.5) is 13.2 Å². The Morgan fingerprint density at radius 2 is 1.60 bits per heavy atom. The molecule has 2 aromatic carbocycles. The minimum Gasteiger partial charge on any atom is -0.311 e. The van der Waals surface area contributed by atoms with Gasteiger partial charge in [-0.25, -0.2) is 0 Å². The van der Waals surface area contributed by atoms with Crippen LogP contribution in [0, 0.1) is 0 Å². The second-order valence-corrected chi connectivity index (χ2v) is 4.64. The summed E-state index contributed by atoms with van der Waals surface area (Å²) in [6, 6.07) is 10.1. The number of aromatic nitrogens is 1. The van der Waals surface area contributed by atoms with E-state index in [2.05, 4.69) is 0 Å². The van der Waals surface area contributed by atoms with Gasteiger partial charge in [-0.2, -0.15) is 13.2 Å². The molecule has 0 saturated heterocycles. The lowest BCUT2D eigenvalue weighted by molar-refractivity contribution is -0.137. The van der Waals surface area contributed by atoms with E-state index in [0.717, 1.165) is 12.1 Å². The van der Waals surface area contributed by atoms with E-state index in [-0.39, 0.29) is 5.56 Å². The van der Waals surface area contributed by atoms with Crippen molar-refractivity contribution in [2.24, 2.45) is 7.05 Å². The third-order valence-corrected chi connectivity index (χ3v) is 3.44. The minimum absolute atomic E-state index is 0.215. The van der Waals surface area contributed by atoms with E-state index in [9.17, 15) is 18.0 Å². The Balaban J connectivity index is 2.54. The number of halogens is 3. The Bertz CT molecular complexity index is 878. The highest BCUT2D eigenvalue weighted by molar-refractivity contribution is 6.05. The van der Waals surface area contributed by atoms with E-state index < -0.39 is 11.7 Å². The van der Waals surface area contributed by atoms with Gasteiger partial charge >= 0.3 is 6.18 Å². The standard InChI is InChI=1S/C15H10F3NO/c1-19-13-7-6-9(15(16,17)18)8-12(13)10-4-2-3-5-11(10)14(19)20/h2-8H,1H3. The zero-order valence-electron chi connectivity index (χ0n) is 10.5. The van der Waals surface area contributed by atoms with E-state index in [4.69, 9.17) is 0 Å². The fraction of sp³-hybridized carbons (Fsp3) is 0.133. The summed E-state index contributed by atoms with van der Waals surface area (Å²) in [5, 5.41) is 1.39. The average molecular weight is 277 g/mol. The number of alkyl halides is 3. The average Bonchev–Trinajstić information content (AvgIpc) is 2.43. The quantitative estimate of drug-likeness (QED) is 0.574. The van der Waals surface area contributed by atoms with E-state index in [0.29, 0.717) is 21.7 Å². The van der Waals surface area contributed by atoms with Crippen LogP contribution in [0.1, 0.15) is 5.56 Å². The van der Waals surface area contributed by atoms with Gasteiger partial charge in [0.15, 0.2) is 0 Å². The molecule has 0 aliphatic rings. The molecule has 0 fully saturated rings. The summed E-state index contributed by atoms with van der Waals surface area (Å²) in [5.74, 6) is 0. The largest absolute Gasteiger partial charge is 0.416 e. The van der Waals surface area contributed by atoms with Gasteiger partial charge in [-0.05, 0) is 29.7 Å². The Morgan fingerprint density at radius 1 is 0.950 bits per heavy atom. The van der Waals surface area contributed by atoms with Gasteiger partial charge in [-0.15, -0.1) is 0 Å². The number of rotatable bonds is 0. The van der Waals surface area contributed by atoms with Crippen LogP contribution in [0.25, 0.3) is 21.7 Å². The first-order valence-electron chi connectivity index (χ1n) is 5.98. The number of aryl methyl sites for hydroxylation is 1. The molecule has 0 unspecified atom stereocenters. The highest BCUT2D eigenvalue weighted by Crippen LogP contribution is 2.32. The topological polar surface area (TPSA) is 22.0 Å². The second-order valence-electron chi connectivity index (χ2n) is 4.64. The molecule has 0 spiro atoms. The van der Waals surface area contributed by atoms with Crippen LogP contribution in [0.2, 0.25) is 0 Å². The van der Waals surface area contributed by atoms with Crippen molar-refractivity contribution in [3.63, 3.8) is 0 Å². The van der Waals surface area contributed by atoms with Crippen LogP contribution in [0.5, 0.6) is 0 Å². The maximum atomic E-state index is 12.8. The SMILES string of the molecule is Cn1c(=O)c2ccccc2c2cc(C(F)(F)F)ccc21. The Morgan fingerprint density at radius 3 is 2.25 bits per heavy atom. The summed E-state index contributed by atoms with van der Waals surface area (Å²) in [6.45, 7) is 0. The summed E-state index contributed by atoms with van der Waals surface area (Å²) >= 11 is 0. The van der Waals surface area contributed by atoms with Crippen LogP contribution >= 0.6 is 0 Å². The molecule has 3 aromatic rings. The lowest BCUT2D eigenvalue weighted by atomic mass is 10.0. The molecular formula is C15H10F3NO. The molecule has 0 aliphatic heterocycles. The zero-order valence-corrected chi connectivity index (χ0v) is 10.5. The maximum absolute atomic E-state index is 12.8. The molecule has 2 nitrogen and oxygen atoms in total. The van der Waals surface area contributed by atoms with Crippen LogP contribution in [-0.2, 0) is 13.2 Å². The normalized spacial score (nSPS) is 12.2. The Kier molecular flexibility index (Phi) is 2.61. The van der Waals surface area contributed by atoms with Crippen molar-refractivity contribution in [2.75, 3.05) is 0 Å². The van der Waals surface area contributed by atoms with Crippen molar-refractivity contribution in [2.45, 2.75) is 6.18 Å². The smallest absolute Gasteiger partial charge is 0.311 e. The molecule has 0 amide bonds. The molecule has 0 saturated carbocycles. The van der Waals surface area contributed by atoms with Crippen molar-refractivity contribution in [1.82, 2.24) is 4.57 Å². The molecule has 5 heteroatoms. The van der Waals surface area contributed by atoms with Gasteiger partial charge in [0.2, 0.25) is 0 Å². The first kappa shape index (κ1) is 12.7. The fourth-order valence-electron chi connectivity index (χ4n) is 2.42. The summed E-state index contributed by atoms with van der Waals surface area (Å²) in [5.41, 5.74) is -0.441. The third-order valence-electron chi connectivity index (χ3n) is 3.44. The summed E-state index contributed by atoms with van der Waals surface area (Å²) in [6.07, 6.45) is -4.40. The zero-order chi connectivity index (χ0) is 14.5. The van der Waals surface area contributed by atoms with Crippen LogP contribution < -0.4 is 5.56 Å². The molecule has 0 radical (unpaired) electrons. The Hall–Kier alpha value is -2.30. The van der Waals surface area contributed by atoms with Gasteiger partial charge < -0.3 is 4.57 Å². The number of benzene rings is 2. The van der Waals surface area contributed by atoms with Gasteiger partial charge in [-0.1, -0.05) is 18.2 Å². The number of fused-ring (bicyclic) bond motifs is 3. The van der Waals surface area contributed by atoms with Gasteiger partial charge in [0.05, 0.1) is 11.1 Å². The molecule has 0 bridgehead atoms. The fourth-order valence-corrected chi connectivity index (χ4v) is 2.42. The predicted octanol–water partition coefficient (Wildman–Crippen LogP) is 3.71. The summed E-state index contributed by atoms with van der Waals surface area (Å²) in [4.78, 5) is 12.2. The van der Waals surface area contributed by atoms with Crippen molar-refractivity contribution < 1.29 is 13.2 Å². The van der Waals surface area contributed by atoms with Crippen molar-refractivity contribution in [1.29, 1.82) is 0 Å².